The molecule has 17 heteroatoms. The number of nitrogens with two attached hydrogens (primary N) is 7. The van der Waals surface area contributed by atoms with Crippen LogP contribution in [0.3, 0.4) is 0 Å². The van der Waals surface area contributed by atoms with Crippen molar-refractivity contribution in [1.29, 1.82) is 0 Å². The van der Waals surface area contributed by atoms with Crippen molar-refractivity contribution in [3.8, 4) is 0 Å². The Balaban J connectivity index is 0.000000199. The van der Waals surface area contributed by atoms with Crippen LogP contribution >= 0.6 is 0 Å². The summed E-state index contributed by atoms with van der Waals surface area (Å²) in [6.45, 7) is 26.1. The molecule has 81 heavy (non-hydrogen) atoms. The average Bonchev–Trinajstić information content (AvgIpc) is 4.06. The highest BCUT2D eigenvalue weighted by atomic mass is 16.5. The van der Waals surface area contributed by atoms with Gasteiger partial charge in [-0.15, -0.1) is 0 Å². The van der Waals surface area contributed by atoms with E-state index in [4.69, 9.17) is 49.6 Å². The number of hydrogen-bond acceptors (Lipinski definition) is 16. The highest BCUT2D eigenvalue weighted by molar-refractivity contribution is 5.01. The molecule has 1 aromatic heterocycles. The zero-order valence-corrected chi connectivity index (χ0v) is 52.3. The van der Waals surface area contributed by atoms with Crippen LogP contribution < -0.4 is 61.4 Å². The van der Waals surface area contributed by atoms with Crippen molar-refractivity contribution in [3.05, 3.63) is 18.7 Å². The average molecular weight is 1140 g/mol. The van der Waals surface area contributed by atoms with Crippen molar-refractivity contribution in [1.82, 2.24) is 40.6 Å². The number of rotatable bonds is 16. The number of morpholine rings is 1. The van der Waals surface area contributed by atoms with E-state index >= 15 is 0 Å². The minimum absolute atomic E-state index is 0.375. The Hall–Kier alpha value is -1.39. The second-order valence-corrected chi connectivity index (χ2v) is 26.0. The van der Waals surface area contributed by atoms with Crippen LogP contribution in [0.4, 0.5) is 0 Å². The number of likely N-dealkylation sites (tertiary alicyclic amines) is 1. The normalized spacial score (nSPS) is 27.5. The predicted molar refractivity (Wildman–Crippen MR) is 342 cm³/mol. The van der Waals surface area contributed by atoms with E-state index in [0.29, 0.717) is 18.1 Å². The third-order valence-corrected chi connectivity index (χ3v) is 18.9. The summed E-state index contributed by atoms with van der Waals surface area (Å²) in [4.78, 5) is 8.74. The van der Waals surface area contributed by atoms with E-state index in [-0.39, 0.29) is 0 Å². The monoisotopic (exact) mass is 1140 g/mol. The topological polar surface area (TPSA) is 273 Å². The largest absolute Gasteiger partial charge is 0.379 e. The van der Waals surface area contributed by atoms with Crippen LogP contribution in [0.1, 0.15) is 173 Å². The Morgan fingerprint density at radius 1 is 0.457 bits per heavy atom. The second-order valence-electron chi connectivity index (χ2n) is 26.0. The molecule has 12 fully saturated rings. The van der Waals surface area contributed by atoms with Gasteiger partial charge in [0.05, 0.1) is 25.6 Å². The van der Waals surface area contributed by atoms with Gasteiger partial charge in [0.2, 0.25) is 0 Å². The van der Waals surface area contributed by atoms with Gasteiger partial charge in [-0.1, -0.05) is 44.9 Å². The lowest BCUT2D eigenvalue weighted by Gasteiger charge is -2.56. The summed E-state index contributed by atoms with van der Waals surface area (Å²) in [5, 5.41) is 13.3. The summed E-state index contributed by atoms with van der Waals surface area (Å²) in [5.41, 5.74) is 38.7. The van der Waals surface area contributed by atoms with Crippen molar-refractivity contribution in [2.24, 2.45) is 87.0 Å². The summed E-state index contributed by atoms with van der Waals surface area (Å²) >= 11 is 0. The maximum Gasteiger partial charge on any atom is 0.0945 e. The number of nitrogens with zero attached hydrogens (tertiary/aromatic N) is 4. The maximum absolute atomic E-state index is 5.93. The third kappa shape index (κ3) is 35.1. The van der Waals surface area contributed by atoms with Crippen LogP contribution in [0.15, 0.2) is 18.7 Å². The minimum Gasteiger partial charge on any atom is -0.379 e. The number of nitrogens with one attached hydrogen (secondary N) is 4. The first-order valence-corrected chi connectivity index (χ1v) is 34.2. The maximum atomic E-state index is 5.93. The molecule has 0 spiro atoms. The highest BCUT2D eigenvalue weighted by Gasteiger charge is 2.50. The molecule has 0 radical (unpaired) electrons. The van der Waals surface area contributed by atoms with Gasteiger partial charge in [-0.3, -0.25) is 4.90 Å². The van der Waals surface area contributed by atoms with E-state index in [1.807, 2.05) is 10.8 Å². The van der Waals surface area contributed by atoms with Crippen molar-refractivity contribution >= 4 is 0 Å². The fourth-order valence-corrected chi connectivity index (χ4v) is 14.0. The minimum atomic E-state index is 0.375. The van der Waals surface area contributed by atoms with E-state index in [2.05, 4.69) is 36.1 Å². The molecule has 12 aliphatic rings. The molecule has 17 nitrogen and oxygen atoms in total. The first-order chi connectivity index (χ1) is 39.8. The van der Waals surface area contributed by atoms with Crippen molar-refractivity contribution in [3.63, 3.8) is 0 Å². The third-order valence-electron chi connectivity index (χ3n) is 18.9. The van der Waals surface area contributed by atoms with Crippen molar-refractivity contribution < 1.29 is 9.47 Å². The molecule has 0 aromatic carbocycles. The van der Waals surface area contributed by atoms with Gasteiger partial charge in [-0.25, -0.2) is 4.98 Å². The predicted octanol–water partition coefficient (Wildman–Crippen LogP) is 5.83. The number of imidazole rings is 1. The zero-order valence-electron chi connectivity index (χ0n) is 52.3. The van der Waals surface area contributed by atoms with E-state index in [1.54, 1.807) is 12.5 Å². The van der Waals surface area contributed by atoms with Gasteiger partial charge in [0.25, 0.3) is 0 Å². The molecule has 7 heterocycles. The van der Waals surface area contributed by atoms with Crippen LogP contribution in [-0.2, 0) is 16.0 Å². The lowest BCUT2D eigenvalue weighted by molar-refractivity contribution is -0.0468. The molecule has 6 saturated heterocycles. The molecule has 6 saturated carbocycles. The van der Waals surface area contributed by atoms with Crippen LogP contribution in [-0.4, -0.2) is 183 Å². The number of ether oxygens (including phenoxy) is 2. The van der Waals surface area contributed by atoms with Crippen LogP contribution in [0.5, 0.6) is 0 Å². The molecule has 1 aromatic rings. The Labute approximate surface area is 497 Å². The molecule has 1 atom stereocenters. The van der Waals surface area contributed by atoms with Gasteiger partial charge in [0.1, 0.15) is 0 Å². The smallest absolute Gasteiger partial charge is 0.0945 e. The highest BCUT2D eigenvalue weighted by Crippen LogP contribution is 2.59. The van der Waals surface area contributed by atoms with Crippen LogP contribution in [0.25, 0.3) is 0 Å². The van der Waals surface area contributed by atoms with Crippen molar-refractivity contribution in [2.45, 2.75) is 186 Å². The van der Waals surface area contributed by atoms with Crippen LogP contribution in [0, 0.1) is 46.8 Å². The molecular formula is C64H133N15O2. The molecule has 6 aliphatic carbocycles. The number of piperidine rings is 3. The molecule has 1 unspecified atom stereocenters. The van der Waals surface area contributed by atoms with E-state index in [9.17, 15) is 0 Å². The molecule has 13 rings (SSSR count). The van der Waals surface area contributed by atoms with Gasteiger partial charge >= 0.3 is 0 Å². The number of aryl methyl sites for hydroxylation is 1. The van der Waals surface area contributed by atoms with Gasteiger partial charge in [0, 0.05) is 84.4 Å². The van der Waals surface area contributed by atoms with Crippen LogP contribution in [0.2, 0.25) is 0 Å². The standard InChI is InChI=1S/C13H26N2.C11H19N.C7H16N2O.C7H16N2.C7H15N.C6H11N3.C5H11NO.C4H10N2.C4H9N/c1(2-12-4-8-14-9-5-12)3-13-6-10-15-11-7-13;12-7-11-4-8-1-9(5-11)3-10(2-8)6-11;8-2-1-3-9-4-6-10-7-5-9;8-4-7-9-5-2-1-3-6-9;8-6-7-4-2-1-3-5-7;7-2-1-4-9-5-3-8-6-9;6-4-5-2-1-3-7-5;1-2-6-4-3-5-1;5-3-4-1-2-4/h12-15H,1-11H2;8-10H,1-7,12H2;1-8H2;1-8H2;7H,1-6,8H2;3,5-6H,1-2,4,7H2;5H,1-4,6H2;5-6H,1-4H2;4H,1-3,5H2. The Kier molecular flexibility index (Phi) is 42.5. The first kappa shape index (κ1) is 72.1. The summed E-state index contributed by atoms with van der Waals surface area (Å²) in [7, 11) is 0. The number of piperazine rings is 1. The fourth-order valence-electron chi connectivity index (χ4n) is 14.0. The quantitative estimate of drug-likeness (QED) is 0.0929. The lowest BCUT2D eigenvalue weighted by atomic mass is 9.50. The Morgan fingerprint density at radius 2 is 0.963 bits per heavy atom. The molecule has 0 amide bonds. The Morgan fingerprint density at radius 3 is 1.36 bits per heavy atom. The summed E-state index contributed by atoms with van der Waals surface area (Å²) in [5.74, 6) is 7.05. The summed E-state index contributed by atoms with van der Waals surface area (Å²) in [6.07, 6.45) is 43.6. The van der Waals surface area contributed by atoms with Gasteiger partial charge in [-0.2, -0.15) is 0 Å². The lowest BCUT2D eigenvalue weighted by Crippen LogP contribution is -2.49. The van der Waals surface area contributed by atoms with E-state index in [1.165, 1.54) is 193 Å². The first-order valence-electron chi connectivity index (χ1n) is 34.2. The summed E-state index contributed by atoms with van der Waals surface area (Å²) < 4.78 is 12.4. The van der Waals surface area contributed by atoms with Gasteiger partial charge in [0.15, 0.2) is 0 Å². The molecule has 4 bridgehead atoms. The number of hydrogen-bond donors (Lipinski definition) is 11. The van der Waals surface area contributed by atoms with Gasteiger partial charge in [-0.05, 0) is 254 Å². The van der Waals surface area contributed by atoms with Crippen molar-refractivity contribution in [2.75, 3.05) is 157 Å². The summed E-state index contributed by atoms with van der Waals surface area (Å²) in [6, 6.07) is 0. The fraction of sp³-hybridized carbons (Fsp3) is 0.953. The molecule has 18 N–H and O–H groups in total. The van der Waals surface area contributed by atoms with E-state index < -0.39 is 0 Å². The molecular weight excluding hydrogens is 1010 g/mol. The second kappa shape index (κ2) is 47.7. The number of aromatic nitrogens is 2. The zero-order chi connectivity index (χ0) is 57.7. The SMILES string of the molecule is C(CC1CCNCC1)CC1CCNCC1.C1CNCCN1.NCC12CC3CC(CC(C3)C1)C2.NCC1CC1.NCC1CCCCC1.NCC1CCCO1.NCCCN1CCOCC1.NCCCn1ccnc1.NCCN1CCCCC1. The molecule has 6 aliphatic heterocycles. The molecule has 476 valence electrons. The Bertz CT molecular complexity index is 1420. The van der Waals surface area contributed by atoms with E-state index in [0.717, 1.165) is 179 Å². The van der Waals surface area contributed by atoms with Gasteiger partial charge < -0.3 is 80.3 Å².